The second-order valence-electron chi connectivity index (χ2n) is 4.91. The van der Waals surface area contributed by atoms with Gasteiger partial charge in [0.15, 0.2) is 0 Å². The van der Waals surface area contributed by atoms with Gasteiger partial charge >= 0.3 is 0 Å². The maximum atomic E-state index is 12.3. The Labute approximate surface area is 131 Å². The molecule has 1 N–H and O–H groups in total. The van der Waals surface area contributed by atoms with Crippen LogP contribution in [0, 0.1) is 6.92 Å². The van der Waals surface area contributed by atoms with Crippen molar-refractivity contribution in [1.29, 1.82) is 0 Å². The molecule has 0 bridgehead atoms. The summed E-state index contributed by atoms with van der Waals surface area (Å²) in [5.74, 6) is 0.784. The number of hydrogen-bond acceptors (Lipinski definition) is 4. The molecule has 7 heteroatoms. The van der Waals surface area contributed by atoms with E-state index in [2.05, 4.69) is 9.82 Å². The van der Waals surface area contributed by atoms with Crippen molar-refractivity contribution in [2.24, 2.45) is 0 Å². The third-order valence-electron chi connectivity index (χ3n) is 3.51. The number of sulfonamides is 1. The summed E-state index contributed by atoms with van der Waals surface area (Å²) in [5.41, 5.74) is 1.70. The monoisotopic (exact) mass is 323 g/mol. The lowest BCUT2D eigenvalue weighted by molar-refractivity contribution is 0.414. The topological polar surface area (TPSA) is 73.2 Å². The zero-order chi connectivity index (χ0) is 16.2. The fourth-order valence-corrected chi connectivity index (χ4v) is 3.42. The van der Waals surface area contributed by atoms with Gasteiger partial charge in [0, 0.05) is 13.1 Å². The van der Waals surface area contributed by atoms with Gasteiger partial charge in [-0.1, -0.05) is 12.1 Å². The maximum Gasteiger partial charge on any atom is 0.243 e. The van der Waals surface area contributed by atoms with Crippen LogP contribution in [0.5, 0.6) is 5.75 Å². The fourth-order valence-electron chi connectivity index (χ4n) is 2.21. The number of ether oxygens (including phenoxy) is 1. The van der Waals surface area contributed by atoms with Crippen LogP contribution >= 0.6 is 0 Å². The summed E-state index contributed by atoms with van der Waals surface area (Å²) >= 11 is 0. The summed E-state index contributed by atoms with van der Waals surface area (Å²) in [6, 6.07) is 7.57. The molecule has 0 fully saturated rings. The summed E-state index contributed by atoms with van der Waals surface area (Å²) in [4.78, 5) is 0.240. The number of aromatic nitrogens is 2. The zero-order valence-electron chi connectivity index (χ0n) is 13.0. The van der Waals surface area contributed by atoms with E-state index in [1.54, 1.807) is 18.7 Å². The molecule has 0 spiro atoms. The van der Waals surface area contributed by atoms with Crippen molar-refractivity contribution in [1.82, 2.24) is 14.5 Å². The molecule has 1 heterocycles. The maximum absolute atomic E-state index is 12.3. The standard InChI is InChI=1S/C15H21N3O3S/c1-4-18-12(2)15(11-16-18)22(19,20)17-10-9-13-5-7-14(21-3)8-6-13/h5-8,11,17H,4,9-10H2,1-3H3. The van der Waals surface area contributed by atoms with E-state index >= 15 is 0 Å². The van der Waals surface area contributed by atoms with Crippen LogP contribution in [0.1, 0.15) is 18.2 Å². The second kappa shape index (κ2) is 6.93. The molecular formula is C15H21N3O3S. The van der Waals surface area contributed by atoms with Crippen LogP contribution in [0.15, 0.2) is 35.4 Å². The number of methoxy groups -OCH3 is 1. The number of hydrogen-bond donors (Lipinski definition) is 1. The third kappa shape index (κ3) is 3.66. The molecule has 0 saturated heterocycles. The van der Waals surface area contributed by atoms with Gasteiger partial charge in [0.2, 0.25) is 10.0 Å². The highest BCUT2D eigenvalue weighted by atomic mass is 32.2. The summed E-state index contributed by atoms with van der Waals surface area (Å²) in [6.07, 6.45) is 2.01. The molecule has 0 aliphatic rings. The predicted molar refractivity (Wildman–Crippen MR) is 84.5 cm³/mol. The van der Waals surface area contributed by atoms with Crippen molar-refractivity contribution in [3.05, 3.63) is 41.7 Å². The van der Waals surface area contributed by atoms with Gasteiger partial charge < -0.3 is 4.74 Å². The van der Waals surface area contributed by atoms with Crippen LogP contribution in [-0.2, 0) is 23.0 Å². The van der Waals surface area contributed by atoms with E-state index in [9.17, 15) is 8.42 Å². The van der Waals surface area contributed by atoms with Gasteiger partial charge in [-0.15, -0.1) is 0 Å². The zero-order valence-corrected chi connectivity index (χ0v) is 13.9. The SMILES string of the molecule is CCn1ncc(S(=O)(=O)NCCc2ccc(OC)cc2)c1C. The highest BCUT2D eigenvalue weighted by molar-refractivity contribution is 7.89. The normalized spacial score (nSPS) is 11.6. The Morgan fingerprint density at radius 1 is 1.27 bits per heavy atom. The highest BCUT2D eigenvalue weighted by Crippen LogP contribution is 2.14. The first-order valence-electron chi connectivity index (χ1n) is 7.13. The van der Waals surface area contributed by atoms with Crippen molar-refractivity contribution < 1.29 is 13.2 Å². The van der Waals surface area contributed by atoms with Gasteiger partial charge in [0.1, 0.15) is 10.6 Å². The molecule has 120 valence electrons. The van der Waals surface area contributed by atoms with Crippen LogP contribution in [0.4, 0.5) is 0 Å². The van der Waals surface area contributed by atoms with Crippen molar-refractivity contribution in [3.8, 4) is 5.75 Å². The number of nitrogens with one attached hydrogen (secondary N) is 1. The molecule has 0 radical (unpaired) electrons. The van der Waals surface area contributed by atoms with Crippen LogP contribution < -0.4 is 9.46 Å². The van der Waals surface area contributed by atoms with E-state index in [4.69, 9.17) is 4.74 Å². The minimum absolute atomic E-state index is 0.240. The minimum Gasteiger partial charge on any atom is -0.497 e. The molecule has 22 heavy (non-hydrogen) atoms. The number of benzene rings is 1. The molecule has 0 atom stereocenters. The minimum atomic E-state index is -3.52. The first-order chi connectivity index (χ1) is 10.5. The van der Waals surface area contributed by atoms with Crippen molar-refractivity contribution in [2.75, 3.05) is 13.7 Å². The van der Waals surface area contributed by atoms with E-state index < -0.39 is 10.0 Å². The van der Waals surface area contributed by atoms with Gasteiger partial charge in [-0.25, -0.2) is 13.1 Å². The Balaban J connectivity index is 1.98. The van der Waals surface area contributed by atoms with Gasteiger partial charge in [-0.2, -0.15) is 5.10 Å². The molecule has 2 rings (SSSR count). The molecule has 2 aromatic rings. The Bertz CT molecular complexity index is 721. The first-order valence-corrected chi connectivity index (χ1v) is 8.61. The molecule has 0 aliphatic carbocycles. The van der Waals surface area contributed by atoms with E-state index in [-0.39, 0.29) is 4.90 Å². The molecule has 0 aliphatic heterocycles. The first kappa shape index (κ1) is 16.5. The van der Waals surface area contributed by atoms with Gasteiger partial charge in [0.25, 0.3) is 0 Å². The molecule has 0 saturated carbocycles. The number of aryl methyl sites for hydroxylation is 1. The Hall–Kier alpha value is -1.86. The molecule has 1 aromatic carbocycles. The van der Waals surface area contributed by atoms with Crippen LogP contribution in [0.25, 0.3) is 0 Å². The van der Waals surface area contributed by atoms with Gasteiger partial charge in [-0.05, 0) is 38.0 Å². The van der Waals surface area contributed by atoms with E-state index in [0.717, 1.165) is 11.3 Å². The predicted octanol–water partition coefficient (Wildman–Crippen LogP) is 1.74. The molecular weight excluding hydrogens is 302 g/mol. The summed E-state index contributed by atoms with van der Waals surface area (Å²) in [5, 5.41) is 4.07. The van der Waals surface area contributed by atoms with Crippen molar-refractivity contribution in [2.45, 2.75) is 31.7 Å². The lowest BCUT2D eigenvalue weighted by atomic mass is 10.1. The second-order valence-corrected chi connectivity index (χ2v) is 6.64. The average molecular weight is 323 g/mol. The van der Waals surface area contributed by atoms with Gasteiger partial charge in [0.05, 0.1) is 19.0 Å². The molecule has 0 amide bonds. The summed E-state index contributed by atoms with van der Waals surface area (Å²) in [6.45, 7) is 4.67. The van der Waals surface area contributed by atoms with E-state index in [0.29, 0.717) is 25.2 Å². The lowest BCUT2D eigenvalue weighted by Crippen LogP contribution is -2.26. The quantitative estimate of drug-likeness (QED) is 0.842. The Kier molecular flexibility index (Phi) is 5.20. The average Bonchev–Trinajstić information content (AvgIpc) is 2.89. The molecule has 0 unspecified atom stereocenters. The molecule has 1 aromatic heterocycles. The number of rotatable bonds is 7. The van der Waals surface area contributed by atoms with Crippen LogP contribution in [0.2, 0.25) is 0 Å². The van der Waals surface area contributed by atoms with Crippen molar-refractivity contribution >= 4 is 10.0 Å². The van der Waals surface area contributed by atoms with E-state index in [1.165, 1.54) is 6.20 Å². The van der Waals surface area contributed by atoms with Crippen LogP contribution in [0.3, 0.4) is 0 Å². The van der Waals surface area contributed by atoms with Crippen LogP contribution in [-0.4, -0.2) is 31.9 Å². The van der Waals surface area contributed by atoms with E-state index in [1.807, 2.05) is 31.2 Å². The summed E-state index contributed by atoms with van der Waals surface area (Å²) in [7, 11) is -1.91. The smallest absolute Gasteiger partial charge is 0.243 e. The van der Waals surface area contributed by atoms with Crippen molar-refractivity contribution in [3.63, 3.8) is 0 Å². The number of nitrogens with zero attached hydrogens (tertiary/aromatic N) is 2. The molecule has 6 nitrogen and oxygen atoms in total. The highest BCUT2D eigenvalue weighted by Gasteiger charge is 2.19. The lowest BCUT2D eigenvalue weighted by Gasteiger charge is -2.07. The third-order valence-corrected chi connectivity index (χ3v) is 5.08. The largest absolute Gasteiger partial charge is 0.497 e. The summed E-state index contributed by atoms with van der Waals surface area (Å²) < 4.78 is 34.0. The van der Waals surface area contributed by atoms with Gasteiger partial charge in [-0.3, -0.25) is 4.68 Å². The Morgan fingerprint density at radius 2 is 1.95 bits per heavy atom. The Morgan fingerprint density at radius 3 is 2.50 bits per heavy atom. The fraction of sp³-hybridized carbons (Fsp3) is 0.400.